The molecule has 0 bridgehead atoms. The summed E-state index contributed by atoms with van der Waals surface area (Å²) in [5.74, 6) is -3.57. The second kappa shape index (κ2) is 8.90. The van der Waals surface area contributed by atoms with E-state index in [1.165, 1.54) is 25.3 Å². The van der Waals surface area contributed by atoms with Crippen molar-refractivity contribution in [3.05, 3.63) is 98.9 Å². The van der Waals surface area contributed by atoms with Crippen molar-refractivity contribution in [1.29, 1.82) is 0 Å². The highest BCUT2D eigenvalue weighted by Gasteiger charge is 2.47. The summed E-state index contributed by atoms with van der Waals surface area (Å²) in [7, 11) is 1.37. The van der Waals surface area contributed by atoms with Gasteiger partial charge in [0.15, 0.2) is 5.75 Å². The molecule has 0 radical (unpaired) electrons. The monoisotopic (exact) mass is 478 g/mol. The van der Waals surface area contributed by atoms with Gasteiger partial charge in [0.05, 0.1) is 29.2 Å². The zero-order chi connectivity index (χ0) is 25.4. The molecule has 9 nitrogen and oxygen atoms in total. The summed E-state index contributed by atoms with van der Waals surface area (Å²) in [5, 5.41) is 32.6. The first-order valence-corrected chi connectivity index (χ1v) is 10.3. The maximum atomic E-state index is 13.6. The maximum Gasteiger partial charge on any atom is 0.311 e. The SMILES string of the molecule is COc1ccc(C)cc1/C(O)=C1\C(=O)C(=O)N(c2ccc(F)cc2)C1c1ccc(O)c([N+](=O)[O-])c1. The van der Waals surface area contributed by atoms with Gasteiger partial charge in [-0.3, -0.25) is 24.6 Å². The summed E-state index contributed by atoms with van der Waals surface area (Å²) < 4.78 is 18.9. The van der Waals surface area contributed by atoms with Crippen LogP contribution >= 0.6 is 0 Å². The van der Waals surface area contributed by atoms with E-state index in [1.54, 1.807) is 25.1 Å². The molecular formula is C25H19FN2O7. The molecule has 10 heteroatoms. The Kier molecular flexibility index (Phi) is 5.96. The quantitative estimate of drug-likeness (QED) is 0.183. The number of nitro groups is 1. The summed E-state index contributed by atoms with van der Waals surface area (Å²) in [4.78, 5) is 38.0. The summed E-state index contributed by atoms with van der Waals surface area (Å²) in [5.41, 5.74) is 0.0824. The number of aryl methyl sites for hydroxylation is 1. The fourth-order valence-electron chi connectivity index (χ4n) is 4.02. The highest BCUT2D eigenvalue weighted by atomic mass is 19.1. The third-order valence-electron chi connectivity index (χ3n) is 5.67. The molecule has 3 aromatic carbocycles. The molecule has 0 aromatic heterocycles. The van der Waals surface area contributed by atoms with E-state index in [0.29, 0.717) is 0 Å². The molecule has 35 heavy (non-hydrogen) atoms. The Hall–Kier alpha value is -4.73. The predicted octanol–water partition coefficient (Wildman–Crippen LogP) is 4.38. The van der Waals surface area contributed by atoms with E-state index in [1.807, 2.05) is 0 Å². The van der Waals surface area contributed by atoms with E-state index < -0.39 is 45.7 Å². The molecule has 178 valence electrons. The van der Waals surface area contributed by atoms with Crippen molar-refractivity contribution in [3.8, 4) is 11.5 Å². The number of aliphatic hydroxyl groups excluding tert-OH is 1. The lowest BCUT2D eigenvalue weighted by atomic mass is 9.94. The minimum atomic E-state index is -1.31. The number of aromatic hydroxyl groups is 1. The van der Waals surface area contributed by atoms with Gasteiger partial charge in [-0.05, 0) is 55.0 Å². The van der Waals surface area contributed by atoms with Gasteiger partial charge >= 0.3 is 5.69 Å². The number of halogens is 1. The third kappa shape index (κ3) is 4.05. The van der Waals surface area contributed by atoms with Crippen LogP contribution < -0.4 is 9.64 Å². The van der Waals surface area contributed by atoms with Crippen molar-refractivity contribution in [2.24, 2.45) is 0 Å². The lowest BCUT2D eigenvalue weighted by Gasteiger charge is -2.25. The molecule has 1 aliphatic rings. The number of carbonyl (C=O) groups excluding carboxylic acids is 2. The molecule has 2 N–H and O–H groups in total. The summed E-state index contributed by atoms with van der Waals surface area (Å²) >= 11 is 0. The van der Waals surface area contributed by atoms with Gasteiger partial charge in [-0.25, -0.2) is 4.39 Å². The predicted molar refractivity (Wildman–Crippen MR) is 124 cm³/mol. The number of ether oxygens (including phenoxy) is 1. The van der Waals surface area contributed by atoms with Crippen LogP contribution in [0.5, 0.6) is 11.5 Å². The molecule has 1 amide bonds. The lowest BCUT2D eigenvalue weighted by Crippen LogP contribution is -2.29. The van der Waals surface area contributed by atoms with Crippen molar-refractivity contribution in [2.45, 2.75) is 13.0 Å². The number of rotatable bonds is 5. The molecule has 1 heterocycles. The molecule has 0 saturated carbocycles. The van der Waals surface area contributed by atoms with Crippen molar-refractivity contribution < 1.29 is 33.9 Å². The van der Waals surface area contributed by atoms with Crippen LogP contribution in [0.2, 0.25) is 0 Å². The fraction of sp³-hybridized carbons (Fsp3) is 0.120. The number of aliphatic hydroxyl groups is 1. The van der Waals surface area contributed by atoms with E-state index in [0.717, 1.165) is 34.7 Å². The molecule has 1 saturated heterocycles. The van der Waals surface area contributed by atoms with Crippen LogP contribution in [-0.2, 0) is 9.59 Å². The average Bonchev–Trinajstić information content (AvgIpc) is 3.09. The zero-order valence-corrected chi connectivity index (χ0v) is 18.6. The van der Waals surface area contributed by atoms with Crippen LogP contribution in [-0.4, -0.2) is 33.9 Å². The molecule has 1 atom stereocenters. The van der Waals surface area contributed by atoms with Gasteiger partial charge in [-0.1, -0.05) is 17.7 Å². The molecule has 1 aliphatic heterocycles. The number of nitrogens with zero attached hydrogens (tertiary/aromatic N) is 2. The van der Waals surface area contributed by atoms with Crippen LogP contribution in [0.25, 0.3) is 5.76 Å². The summed E-state index contributed by atoms with van der Waals surface area (Å²) in [6.45, 7) is 1.76. The van der Waals surface area contributed by atoms with E-state index >= 15 is 0 Å². The number of ketones is 1. The van der Waals surface area contributed by atoms with E-state index in [4.69, 9.17) is 4.74 Å². The normalized spacial score (nSPS) is 17.0. The smallest absolute Gasteiger partial charge is 0.311 e. The number of methoxy groups -OCH3 is 1. The number of phenols is 1. The molecular weight excluding hydrogens is 459 g/mol. The number of hydrogen-bond donors (Lipinski definition) is 2. The molecule has 4 rings (SSSR count). The van der Waals surface area contributed by atoms with Gasteiger partial charge in [0.2, 0.25) is 0 Å². The molecule has 1 unspecified atom stereocenters. The first-order chi connectivity index (χ1) is 16.6. The number of anilines is 1. The number of amides is 1. The van der Waals surface area contributed by atoms with Crippen molar-refractivity contribution >= 4 is 28.8 Å². The fourth-order valence-corrected chi connectivity index (χ4v) is 4.02. The Bertz CT molecular complexity index is 1400. The van der Waals surface area contributed by atoms with Gasteiger partial charge in [0.1, 0.15) is 17.3 Å². The highest BCUT2D eigenvalue weighted by Crippen LogP contribution is 2.44. The number of benzene rings is 3. The Morgan fingerprint density at radius 3 is 2.40 bits per heavy atom. The van der Waals surface area contributed by atoms with Crippen LogP contribution in [0.1, 0.15) is 22.7 Å². The Morgan fingerprint density at radius 1 is 1.09 bits per heavy atom. The van der Waals surface area contributed by atoms with Gasteiger partial charge in [-0.2, -0.15) is 0 Å². The van der Waals surface area contributed by atoms with Crippen molar-refractivity contribution in [1.82, 2.24) is 0 Å². The lowest BCUT2D eigenvalue weighted by molar-refractivity contribution is -0.385. The maximum absolute atomic E-state index is 13.6. The molecule has 0 spiro atoms. The van der Waals surface area contributed by atoms with Crippen molar-refractivity contribution in [3.63, 3.8) is 0 Å². The second-order valence-corrected chi connectivity index (χ2v) is 7.85. The molecule has 0 aliphatic carbocycles. The standard InChI is InChI=1S/C25H19FN2O7/c1-13-3-10-20(35-2)17(11-13)23(30)21-22(14-4-9-19(29)18(12-14)28(33)34)27(25(32)24(21)31)16-7-5-15(26)6-8-16/h3-12,22,29-30H,1-2H3/b23-21+. The Labute approximate surface area is 198 Å². The number of hydrogen-bond acceptors (Lipinski definition) is 7. The number of nitro benzene ring substituents is 1. The van der Waals surface area contributed by atoms with Gasteiger partial charge in [0, 0.05) is 11.8 Å². The van der Waals surface area contributed by atoms with E-state index in [-0.39, 0.29) is 28.1 Å². The number of Topliss-reactive ketones (excluding diaryl/α,β-unsaturated/α-hetero) is 1. The molecule has 3 aromatic rings. The minimum absolute atomic E-state index is 0.0752. The molecule has 1 fully saturated rings. The van der Waals surface area contributed by atoms with Crippen LogP contribution in [0.3, 0.4) is 0 Å². The Balaban J connectivity index is 2.02. The highest BCUT2D eigenvalue weighted by molar-refractivity contribution is 6.51. The number of carbonyl (C=O) groups is 2. The Morgan fingerprint density at radius 2 is 1.77 bits per heavy atom. The largest absolute Gasteiger partial charge is 0.507 e. The van der Waals surface area contributed by atoms with Gasteiger partial charge in [0.25, 0.3) is 11.7 Å². The second-order valence-electron chi connectivity index (χ2n) is 7.85. The zero-order valence-electron chi connectivity index (χ0n) is 18.6. The summed E-state index contributed by atoms with van der Waals surface area (Å²) in [6.07, 6.45) is 0. The first kappa shape index (κ1) is 23.4. The van der Waals surface area contributed by atoms with E-state index in [2.05, 4.69) is 0 Å². The van der Waals surface area contributed by atoms with Crippen molar-refractivity contribution in [2.75, 3.05) is 12.0 Å². The van der Waals surface area contributed by atoms with Gasteiger partial charge < -0.3 is 14.9 Å². The van der Waals surface area contributed by atoms with Crippen LogP contribution in [0.15, 0.2) is 66.2 Å². The summed E-state index contributed by atoms with van der Waals surface area (Å²) in [6, 6.07) is 11.7. The van der Waals surface area contributed by atoms with Crippen LogP contribution in [0.4, 0.5) is 15.8 Å². The topological polar surface area (TPSA) is 130 Å². The average molecular weight is 478 g/mol. The first-order valence-electron chi connectivity index (χ1n) is 10.3. The number of phenolic OH excluding ortho intramolecular Hbond substituents is 1. The van der Waals surface area contributed by atoms with Crippen LogP contribution in [0, 0.1) is 22.9 Å². The third-order valence-corrected chi connectivity index (χ3v) is 5.67. The minimum Gasteiger partial charge on any atom is -0.507 e. The van der Waals surface area contributed by atoms with E-state index in [9.17, 15) is 34.3 Å². The van der Waals surface area contributed by atoms with Gasteiger partial charge in [-0.15, -0.1) is 0 Å².